The third-order valence-electron chi connectivity index (χ3n) is 2.84. The second kappa shape index (κ2) is 7.73. The van der Waals surface area contributed by atoms with Gasteiger partial charge in [0.25, 0.3) is 0 Å². The average Bonchev–Trinajstić information content (AvgIpc) is 2.38. The molecule has 1 atom stereocenters. The van der Waals surface area contributed by atoms with E-state index < -0.39 is 17.8 Å². The molecule has 0 radical (unpaired) electrons. The topological polar surface area (TPSA) is 61.4 Å². The molecule has 1 rings (SSSR count). The third kappa shape index (κ3) is 5.15. The largest absolute Gasteiger partial charge is 0.352 e. The van der Waals surface area contributed by atoms with E-state index in [0.717, 1.165) is 0 Å². The fourth-order valence-electron chi connectivity index (χ4n) is 1.99. The standard InChI is InChI=1S/C15H22FN3O2/c1-10(2)18-13(20)9-17-15(21)14(19(3)4)11-7-5-6-8-12(11)16/h5-8,10,14H,9H2,1-4H3,(H,17,21)(H,18,20). The molecule has 116 valence electrons. The zero-order valence-corrected chi connectivity index (χ0v) is 12.8. The highest BCUT2D eigenvalue weighted by molar-refractivity contribution is 5.88. The van der Waals surface area contributed by atoms with Gasteiger partial charge in [-0.05, 0) is 34.0 Å². The van der Waals surface area contributed by atoms with Gasteiger partial charge in [-0.3, -0.25) is 14.5 Å². The summed E-state index contributed by atoms with van der Waals surface area (Å²) in [7, 11) is 3.37. The van der Waals surface area contributed by atoms with Crippen molar-refractivity contribution in [2.24, 2.45) is 0 Å². The Balaban J connectivity index is 2.76. The lowest BCUT2D eigenvalue weighted by molar-refractivity contribution is -0.129. The van der Waals surface area contributed by atoms with Crippen LogP contribution < -0.4 is 10.6 Å². The third-order valence-corrected chi connectivity index (χ3v) is 2.84. The molecule has 0 aromatic heterocycles. The number of halogens is 1. The number of carbonyl (C=O) groups excluding carboxylic acids is 2. The first-order chi connectivity index (χ1) is 9.82. The van der Waals surface area contributed by atoms with Crippen molar-refractivity contribution in [3.63, 3.8) is 0 Å². The van der Waals surface area contributed by atoms with Crippen LogP contribution in [0.15, 0.2) is 24.3 Å². The molecular formula is C15H22FN3O2. The quantitative estimate of drug-likeness (QED) is 0.825. The average molecular weight is 295 g/mol. The van der Waals surface area contributed by atoms with E-state index in [1.54, 1.807) is 37.2 Å². The minimum absolute atomic E-state index is 0.00520. The molecule has 0 saturated heterocycles. The molecule has 0 spiro atoms. The monoisotopic (exact) mass is 295 g/mol. The minimum atomic E-state index is -0.780. The number of carbonyl (C=O) groups is 2. The smallest absolute Gasteiger partial charge is 0.242 e. The van der Waals surface area contributed by atoms with Crippen molar-refractivity contribution in [2.45, 2.75) is 25.9 Å². The van der Waals surface area contributed by atoms with Gasteiger partial charge in [-0.25, -0.2) is 4.39 Å². The minimum Gasteiger partial charge on any atom is -0.352 e. The first kappa shape index (κ1) is 17.1. The van der Waals surface area contributed by atoms with Crippen molar-refractivity contribution in [3.8, 4) is 0 Å². The van der Waals surface area contributed by atoms with Crippen molar-refractivity contribution in [3.05, 3.63) is 35.6 Å². The maximum atomic E-state index is 13.8. The van der Waals surface area contributed by atoms with Gasteiger partial charge in [0.15, 0.2) is 0 Å². The molecule has 21 heavy (non-hydrogen) atoms. The van der Waals surface area contributed by atoms with E-state index in [1.807, 2.05) is 13.8 Å². The molecule has 0 saturated carbocycles. The molecule has 2 amide bonds. The summed E-state index contributed by atoms with van der Waals surface area (Å²) in [5.41, 5.74) is 0.282. The number of amides is 2. The molecule has 1 unspecified atom stereocenters. The van der Waals surface area contributed by atoms with E-state index in [2.05, 4.69) is 10.6 Å². The zero-order chi connectivity index (χ0) is 16.0. The Kier molecular flexibility index (Phi) is 6.30. The van der Waals surface area contributed by atoms with Gasteiger partial charge in [-0.15, -0.1) is 0 Å². The summed E-state index contributed by atoms with van der Waals surface area (Å²) in [6, 6.07) is 5.34. The number of likely N-dealkylation sites (N-methyl/N-ethyl adjacent to an activating group) is 1. The number of hydrogen-bond acceptors (Lipinski definition) is 3. The Hall–Kier alpha value is -1.95. The summed E-state index contributed by atoms with van der Waals surface area (Å²) in [4.78, 5) is 25.4. The number of nitrogens with zero attached hydrogens (tertiary/aromatic N) is 1. The lowest BCUT2D eigenvalue weighted by Gasteiger charge is -2.24. The molecule has 1 aromatic rings. The highest BCUT2D eigenvalue weighted by Crippen LogP contribution is 2.21. The zero-order valence-electron chi connectivity index (χ0n) is 12.8. The fraction of sp³-hybridized carbons (Fsp3) is 0.467. The predicted octanol–water partition coefficient (Wildman–Crippen LogP) is 1.07. The normalized spacial score (nSPS) is 12.3. The van der Waals surface area contributed by atoms with E-state index in [4.69, 9.17) is 0 Å². The van der Waals surface area contributed by atoms with Crippen LogP contribution >= 0.6 is 0 Å². The Morgan fingerprint density at radius 1 is 1.24 bits per heavy atom. The van der Waals surface area contributed by atoms with Crippen LogP contribution in [0.3, 0.4) is 0 Å². The Morgan fingerprint density at radius 2 is 1.86 bits per heavy atom. The van der Waals surface area contributed by atoms with E-state index in [1.165, 1.54) is 6.07 Å². The van der Waals surface area contributed by atoms with E-state index in [-0.39, 0.29) is 24.1 Å². The van der Waals surface area contributed by atoms with Crippen LogP contribution in [0.2, 0.25) is 0 Å². The van der Waals surface area contributed by atoms with Gasteiger partial charge in [0.2, 0.25) is 11.8 Å². The van der Waals surface area contributed by atoms with E-state index >= 15 is 0 Å². The SMILES string of the molecule is CC(C)NC(=O)CNC(=O)C(c1ccccc1F)N(C)C. The van der Waals surface area contributed by atoms with Gasteiger partial charge >= 0.3 is 0 Å². The molecule has 6 heteroatoms. The van der Waals surface area contributed by atoms with Crippen LogP contribution in [-0.4, -0.2) is 43.4 Å². The van der Waals surface area contributed by atoms with Crippen LogP contribution in [0.4, 0.5) is 4.39 Å². The highest BCUT2D eigenvalue weighted by Gasteiger charge is 2.25. The molecule has 0 aliphatic rings. The Morgan fingerprint density at radius 3 is 2.38 bits per heavy atom. The second-order valence-corrected chi connectivity index (χ2v) is 5.33. The Bertz CT molecular complexity index is 503. The summed E-state index contributed by atoms with van der Waals surface area (Å²) in [5.74, 6) is -1.13. The first-order valence-electron chi connectivity index (χ1n) is 6.81. The van der Waals surface area contributed by atoms with Gasteiger partial charge in [-0.1, -0.05) is 18.2 Å². The van der Waals surface area contributed by atoms with Crippen molar-refractivity contribution < 1.29 is 14.0 Å². The number of hydrogen-bond donors (Lipinski definition) is 2. The first-order valence-corrected chi connectivity index (χ1v) is 6.81. The van der Waals surface area contributed by atoms with Crippen LogP contribution in [0, 0.1) is 5.82 Å². The lowest BCUT2D eigenvalue weighted by atomic mass is 10.0. The Labute approximate surface area is 124 Å². The molecule has 0 aliphatic carbocycles. The second-order valence-electron chi connectivity index (χ2n) is 5.33. The molecule has 1 aromatic carbocycles. The summed E-state index contributed by atoms with van der Waals surface area (Å²) < 4.78 is 13.8. The van der Waals surface area contributed by atoms with Crippen molar-refractivity contribution in [1.29, 1.82) is 0 Å². The van der Waals surface area contributed by atoms with Crippen molar-refractivity contribution in [1.82, 2.24) is 15.5 Å². The molecule has 0 heterocycles. The molecule has 0 aliphatic heterocycles. The molecule has 5 nitrogen and oxygen atoms in total. The van der Waals surface area contributed by atoms with Crippen molar-refractivity contribution in [2.75, 3.05) is 20.6 Å². The summed E-state index contributed by atoms with van der Waals surface area (Å²) >= 11 is 0. The molecular weight excluding hydrogens is 273 g/mol. The van der Waals surface area contributed by atoms with Gasteiger partial charge in [0.05, 0.1) is 6.54 Å². The number of rotatable bonds is 6. The van der Waals surface area contributed by atoms with Crippen LogP contribution in [0.5, 0.6) is 0 Å². The lowest BCUT2D eigenvalue weighted by Crippen LogP contribution is -2.43. The van der Waals surface area contributed by atoms with Gasteiger partial charge < -0.3 is 10.6 Å². The summed E-state index contributed by atoms with van der Waals surface area (Å²) in [6.07, 6.45) is 0. The van der Waals surface area contributed by atoms with E-state index in [9.17, 15) is 14.0 Å². The number of benzene rings is 1. The van der Waals surface area contributed by atoms with Crippen molar-refractivity contribution >= 4 is 11.8 Å². The van der Waals surface area contributed by atoms with Crippen LogP contribution in [-0.2, 0) is 9.59 Å². The molecule has 0 bridgehead atoms. The maximum Gasteiger partial charge on any atom is 0.242 e. The van der Waals surface area contributed by atoms with E-state index in [0.29, 0.717) is 0 Å². The molecule has 0 fully saturated rings. The summed E-state index contributed by atoms with van der Waals surface area (Å²) in [6.45, 7) is 3.54. The summed E-state index contributed by atoms with van der Waals surface area (Å²) in [5, 5.41) is 5.21. The van der Waals surface area contributed by atoms with Gasteiger partial charge in [0.1, 0.15) is 11.9 Å². The van der Waals surface area contributed by atoms with Crippen LogP contribution in [0.25, 0.3) is 0 Å². The fourth-order valence-corrected chi connectivity index (χ4v) is 1.99. The highest BCUT2D eigenvalue weighted by atomic mass is 19.1. The van der Waals surface area contributed by atoms with Gasteiger partial charge in [0, 0.05) is 11.6 Å². The number of nitrogens with one attached hydrogen (secondary N) is 2. The molecule has 2 N–H and O–H groups in total. The predicted molar refractivity (Wildman–Crippen MR) is 79.1 cm³/mol. The van der Waals surface area contributed by atoms with Gasteiger partial charge in [-0.2, -0.15) is 0 Å². The maximum absolute atomic E-state index is 13.8. The van der Waals surface area contributed by atoms with Crippen LogP contribution in [0.1, 0.15) is 25.5 Å².